The lowest BCUT2D eigenvalue weighted by atomic mass is 10.3. The summed E-state index contributed by atoms with van der Waals surface area (Å²) in [5, 5.41) is 6.47. The zero-order valence-electron chi connectivity index (χ0n) is 11.0. The number of nitrogens with one attached hydrogen (secondary N) is 2. The van der Waals surface area contributed by atoms with Gasteiger partial charge in [0.1, 0.15) is 11.6 Å². The van der Waals surface area contributed by atoms with Crippen molar-refractivity contribution < 1.29 is 9.13 Å². The molecule has 1 aliphatic rings. The topological polar surface area (TPSA) is 45.6 Å². The van der Waals surface area contributed by atoms with Crippen LogP contribution in [-0.4, -0.2) is 32.2 Å². The molecule has 0 fully saturated rings. The highest BCUT2D eigenvalue weighted by Crippen LogP contribution is 2.11. The predicted octanol–water partition coefficient (Wildman–Crippen LogP) is 1.92. The quantitative estimate of drug-likeness (QED) is 0.773. The Labute approximate surface area is 113 Å². The molecule has 0 aromatic heterocycles. The van der Waals surface area contributed by atoms with Crippen molar-refractivity contribution in [1.29, 1.82) is 0 Å². The van der Waals surface area contributed by atoms with Crippen LogP contribution in [0.15, 0.2) is 29.3 Å². The van der Waals surface area contributed by atoms with Gasteiger partial charge in [-0.15, -0.1) is 0 Å². The van der Waals surface area contributed by atoms with E-state index in [0.29, 0.717) is 12.4 Å². The third kappa shape index (κ3) is 5.16. The van der Waals surface area contributed by atoms with E-state index in [9.17, 15) is 4.39 Å². The molecule has 1 aromatic rings. The fourth-order valence-corrected chi connectivity index (χ4v) is 1.81. The Bertz CT molecular complexity index is 406. The van der Waals surface area contributed by atoms with Crippen molar-refractivity contribution in [3.05, 3.63) is 30.1 Å². The molecule has 4 nitrogen and oxygen atoms in total. The van der Waals surface area contributed by atoms with E-state index in [-0.39, 0.29) is 5.82 Å². The van der Waals surface area contributed by atoms with Crippen LogP contribution in [0.2, 0.25) is 0 Å². The Balaban J connectivity index is 1.52. The van der Waals surface area contributed by atoms with Gasteiger partial charge in [0, 0.05) is 19.6 Å². The van der Waals surface area contributed by atoms with Gasteiger partial charge in [-0.1, -0.05) is 0 Å². The van der Waals surface area contributed by atoms with Crippen LogP contribution in [0, 0.1) is 5.82 Å². The minimum absolute atomic E-state index is 0.239. The van der Waals surface area contributed by atoms with Gasteiger partial charge in [0.15, 0.2) is 5.96 Å². The molecule has 0 unspecified atom stereocenters. The zero-order chi connectivity index (χ0) is 13.3. The van der Waals surface area contributed by atoms with Crippen molar-refractivity contribution in [2.45, 2.75) is 19.3 Å². The first-order valence-corrected chi connectivity index (χ1v) is 6.75. The third-order valence-electron chi connectivity index (χ3n) is 2.84. The molecule has 1 aliphatic heterocycles. The number of halogens is 1. The summed E-state index contributed by atoms with van der Waals surface area (Å²) in [6.07, 6.45) is 3.08. The Morgan fingerprint density at radius 3 is 2.84 bits per heavy atom. The van der Waals surface area contributed by atoms with Crippen LogP contribution in [-0.2, 0) is 0 Å². The summed E-state index contributed by atoms with van der Waals surface area (Å²) in [6, 6.07) is 6.11. The molecule has 2 rings (SSSR count). The van der Waals surface area contributed by atoms with E-state index < -0.39 is 0 Å². The highest BCUT2D eigenvalue weighted by atomic mass is 19.1. The predicted molar refractivity (Wildman–Crippen MR) is 74.1 cm³/mol. The van der Waals surface area contributed by atoms with Crippen LogP contribution >= 0.6 is 0 Å². The van der Waals surface area contributed by atoms with Crippen LogP contribution in [0.1, 0.15) is 19.3 Å². The average Bonchev–Trinajstić information content (AvgIpc) is 2.46. The van der Waals surface area contributed by atoms with E-state index in [1.165, 1.54) is 12.1 Å². The number of nitrogens with zero attached hydrogens (tertiary/aromatic N) is 1. The van der Waals surface area contributed by atoms with E-state index in [1.54, 1.807) is 12.1 Å². The lowest BCUT2D eigenvalue weighted by Crippen LogP contribution is -2.41. The van der Waals surface area contributed by atoms with E-state index in [2.05, 4.69) is 15.6 Å². The smallest absolute Gasteiger partial charge is 0.191 e. The molecule has 0 bridgehead atoms. The number of guanidine groups is 1. The minimum Gasteiger partial charge on any atom is -0.494 e. The lowest BCUT2D eigenvalue weighted by molar-refractivity contribution is 0.306. The van der Waals surface area contributed by atoms with Gasteiger partial charge in [-0.25, -0.2) is 4.39 Å². The summed E-state index contributed by atoms with van der Waals surface area (Å²) in [7, 11) is 0. The number of hydrogen-bond acceptors (Lipinski definition) is 4. The van der Waals surface area contributed by atoms with Gasteiger partial charge in [-0.3, -0.25) is 4.99 Å². The molecule has 1 heterocycles. The van der Waals surface area contributed by atoms with E-state index in [0.717, 1.165) is 44.9 Å². The van der Waals surface area contributed by atoms with Crippen molar-refractivity contribution >= 4 is 5.96 Å². The Morgan fingerprint density at radius 1 is 1.26 bits per heavy atom. The van der Waals surface area contributed by atoms with Crippen LogP contribution in [0.3, 0.4) is 0 Å². The largest absolute Gasteiger partial charge is 0.494 e. The minimum atomic E-state index is -0.239. The van der Waals surface area contributed by atoms with E-state index in [1.807, 2.05) is 0 Å². The Morgan fingerprint density at radius 2 is 2.11 bits per heavy atom. The van der Waals surface area contributed by atoms with Gasteiger partial charge in [0.2, 0.25) is 0 Å². The van der Waals surface area contributed by atoms with Crippen LogP contribution in [0.5, 0.6) is 5.75 Å². The second-order valence-corrected chi connectivity index (χ2v) is 4.45. The van der Waals surface area contributed by atoms with Crippen molar-refractivity contribution in [2.24, 2.45) is 4.99 Å². The average molecular weight is 265 g/mol. The molecule has 104 valence electrons. The van der Waals surface area contributed by atoms with Gasteiger partial charge in [0.25, 0.3) is 0 Å². The maximum Gasteiger partial charge on any atom is 0.191 e. The monoisotopic (exact) mass is 265 g/mol. The number of hydrogen-bond donors (Lipinski definition) is 2. The standard InChI is InChI=1S/C14H20FN3O/c15-12-4-6-13(7-5-12)19-11-2-1-8-16-14-17-9-3-10-18-14/h4-7H,1-3,8-11H2,(H2,16,17,18). The fraction of sp³-hybridized carbons (Fsp3) is 0.500. The maximum atomic E-state index is 12.7. The maximum absolute atomic E-state index is 12.7. The van der Waals surface area contributed by atoms with Gasteiger partial charge < -0.3 is 15.4 Å². The SMILES string of the molecule is Fc1ccc(OCCCCNC2=NCCCN2)cc1. The van der Waals surface area contributed by atoms with Gasteiger partial charge in [-0.2, -0.15) is 0 Å². The molecular weight excluding hydrogens is 245 g/mol. The first-order valence-electron chi connectivity index (χ1n) is 6.75. The second kappa shape index (κ2) is 7.61. The third-order valence-corrected chi connectivity index (χ3v) is 2.84. The van der Waals surface area contributed by atoms with E-state index in [4.69, 9.17) is 4.74 Å². The Hall–Kier alpha value is -1.78. The number of rotatable bonds is 6. The van der Waals surface area contributed by atoms with Gasteiger partial charge in [0.05, 0.1) is 6.61 Å². The summed E-state index contributed by atoms with van der Waals surface area (Å²) in [6.45, 7) is 3.44. The molecule has 0 amide bonds. The Kier molecular flexibility index (Phi) is 5.47. The first-order chi connectivity index (χ1) is 9.34. The lowest BCUT2D eigenvalue weighted by Gasteiger charge is -2.15. The normalized spacial score (nSPS) is 14.5. The number of aliphatic imine (C=N–C) groups is 1. The molecule has 0 saturated heterocycles. The first kappa shape index (κ1) is 13.6. The van der Waals surface area contributed by atoms with Gasteiger partial charge >= 0.3 is 0 Å². The molecule has 0 spiro atoms. The summed E-state index contributed by atoms with van der Waals surface area (Å²) in [5.74, 6) is 1.38. The second-order valence-electron chi connectivity index (χ2n) is 4.45. The van der Waals surface area contributed by atoms with Crippen molar-refractivity contribution in [3.63, 3.8) is 0 Å². The van der Waals surface area contributed by atoms with Crippen LogP contribution < -0.4 is 15.4 Å². The number of benzene rings is 1. The molecule has 2 N–H and O–H groups in total. The summed E-state index contributed by atoms with van der Waals surface area (Å²) in [4.78, 5) is 4.33. The van der Waals surface area contributed by atoms with Crippen molar-refractivity contribution in [2.75, 3.05) is 26.2 Å². The molecule has 0 saturated carbocycles. The highest BCUT2D eigenvalue weighted by Gasteiger charge is 2.01. The van der Waals surface area contributed by atoms with Gasteiger partial charge in [-0.05, 0) is 43.5 Å². The number of unbranched alkanes of at least 4 members (excludes halogenated alkanes) is 1. The fourth-order valence-electron chi connectivity index (χ4n) is 1.81. The summed E-state index contributed by atoms with van der Waals surface area (Å²) < 4.78 is 18.2. The van der Waals surface area contributed by atoms with Crippen molar-refractivity contribution in [3.8, 4) is 5.75 Å². The molecule has 5 heteroatoms. The number of ether oxygens (including phenoxy) is 1. The van der Waals surface area contributed by atoms with E-state index >= 15 is 0 Å². The van der Waals surface area contributed by atoms with Crippen LogP contribution in [0.4, 0.5) is 4.39 Å². The highest BCUT2D eigenvalue weighted by molar-refractivity contribution is 5.80. The molecular formula is C14H20FN3O. The molecule has 19 heavy (non-hydrogen) atoms. The molecule has 1 aromatic carbocycles. The van der Waals surface area contributed by atoms with Crippen LogP contribution in [0.25, 0.3) is 0 Å². The summed E-state index contributed by atoms with van der Waals surface area (Å²) in [5.41, 5.74) is 0. The molecule has 0 radical (unpaired) electrons. The summed E-state index contributed by atoms with van der Waals surface area (Å²) >= 11 is 0. The molecule has 0 aliphatic carbocycles. The van der Waals surface area contributed by atoms with Crippen molar-refractivity contribution in [1.82, 2.24) is 10.6 Å². The molecule has 0 atom stereocenters. The zero-order valence-corrected chi connectivity index (χ0v) is 11.0.